The zero-order valence-electron chi connectivity index (χ0n) is 18.2. The van der Waals surface area contributed by atoms with Gasteiger partial charge in [-0.1, -0.05) is 13.8 Å². The van der Waals surface area contributed by atoms with E-state index in [1.807, 2.05) is 13.8 Å². The Morgan fingerprint density at radius 1 is 1.28 bits per heavy atom. The van der Waals surface area contributed by atoms with Crippen molar-refractivity contribution in [1.82, 2.24) is 14.9 Å². The number of fused-ring (bicyclic) bond motifs is 1. The zero-order chi connectivity index (χ0) is 24.4. The summed E-state index contributed by atoms with van der Waals surface area (Å²) in [4.78, 5) is 21.4. The number of hydrogen-bond acceptors (Lipinski definition) is 5. The van der Waals surface area contributed by atoms with Crippen LogP contribution >= 0.6 is 27.5 Å². The number of anilines is 1. The van der Waals surface area contributed by atoms with Crippen molar-refractivity contribution in [3.8, 4) is 0 Å². The third-order valence-corrected chi connectivity index (χ3v) is 5.27. The Balaban J connectivity index is 0.00000176. The van der Waals surface area contributed by atoms with Crippen molar-refractivity contribution in [2.75, 3.05) is 18.4 Å². The van der Waals surface area contributed by atoms with Crippen LogP contribution in [0.3, 0.4) is 0 Å². The van der Waals surface area contributed by atoms with E-state index in [0.29, 0.717) is 13.0 Å². The number of ether oxygens (including phenoxy) is 1. The average molecular weight is 544 g/mol. The molecule has 1 aromatic carbocycles. The number of nitrogens with one attached hydrogen (secondary N) is 1. The fourth-order valence-corrected chi connectivity index (χ4v) is 3.75. The highest BCUT2D eigenvalue weighted by Crippen LogP contribution is 2.40. The third kappa shape index (κ3) is 6.12. The minimum atomic E-state index is -4.79. The maximum atomic E-state index is 14.6. The molecule has 1 amide bonds. The highest BCUT2D eigenvalue weighted by Gasteiger charge is 2.36. The first-order valence-electron chi connectivity index (χ1n) is 9.93. The Bertz CT molecular complexity index is 998. The molecule has 0 spiro atoms. The summed E-state index contributed by atoms with van der Waals surface area (Å²) in [7, 11) is 0. The van der Waals surface area contributed by atoms with Crippen LogP contribution in [0.5, 0.6) is 0 Å². The van der Waals surface area contributed by atoms with Crippen molar-refractivity contribution in [1.29, 1.82) is 0 Å². The minimum Gasteiger partial charge on any atom is -0.444 e. The Kier molecular flexibility index (Phi) is 8.20. The first-order valence-corrected chi connectivity index (χ1v) is 11.1. The molecule has 1 saturated heterocycles. The molecule has 178 valence electrons. The fraction of sp³-hybridized carbons (Fsp3) is 0.550. The second kappa shape index (κ2) is 9.94. The Morgan fingerprint density at radius 2 is 1.91 bits per heavy atom. The number of alkyl halides is 3. The molecule has 0 saturated carbocycles. The summed E-state index contributed by atoms with van der Waals surface area (Å²) in [6, 6.07) is 0.426. The molecular formula is C20H24BrClF4N4O2. The van der Waals surface area contributed by atoms with Gasteiger partial charge in [-0.2, -0.15) is 13.2 Å². The molecule has 1 N–H and O–H groups in total. The maximum absolute atomic E-state index is 14.6. The van der Waals surface area contributed by atoms with Crippen LogP contribution in [-0.2, 0) is 10.9 Å². The van der Waals surface area contributed by atoms with Gasteiger partial charge in [0.2, 0.25) is 5.28 Å². The largest absolute Gasteiger partial charge is 0.444 e. The number of aromatic nitrogens is 2. The van der Waals surface area contributed by atoms with E-state index in [1.54, 1.807) is 20.8 Å². The summed E-state index contributed by atoms with van der Waals surface area (Å²) >= 11 is 8.51. The van der Waals surface area contributed by atoms with Crippen LogP contribution in [0, 0.1) is 5.82 Å². The van der Waals surface area contributed by atoms with Gasteiger partial charge in [-0.05, 0) is 60.8 Å². The van der Waals surface area contributed by atoms with E-state index in [4.69, 9.17) is 16.3 Å². The molecule has 6 nitrogen and oxygen atoms in total. The van der Waals surface area contributed by atoms with Crippen LogP contribution < -0.4 is 5.32 Å². The predicted molar refractivity (Wildman–Crippen MR) is 118 cm³/mol. The highest BCUT2D eigenvalue weighted by molar-refractivity contribution is 9.10. The van der Waals surface area contributed by atoms with Gasteiger partial charge in [-0.3, -0.25) is 0 Å². The molecule has 1 aromatic heterocycles. The van der Waals surface area contributed by atoms with E-state index >= 15 is 0 Å². The molecule has 0 radical (unpaired) electrons. The molecule has 12 heteroatoms. The summed E-state index contributed by atoms with van der Waals surface area (Å²) in [5, 5.41) is 2.48. The molecule has 3 rings (SSSR count). The predicted octanol–water partition coefficient (Wildman–Crippen LogP) is 6.65. The quantitative estimate of drug-likeness (QED) is 0.339. The normalized spacial score (nSPS) is 16.6. The molecule has 32 heavy (non-hydrogen) atoms. The number of hydrogen-bond donors (Lipinski definition) is 1. The minimum absolute atomic E-state index is 0.0436. The second-order valence-corrected chi connectivity index (χ2v) is 8.97. The maximum Gasteiger partial charge on any atom is 0.417 e. The molecule has 0 bridgehead atoms. The molecule has 2 aromatic rings. The summed E-state index contributed by atoms with van der Waals surface area (Å²) in [5.41, 5.74) is -2.19. The van der Waals surface area contributed by atoms with E-state index < -0.39 is 33.7 Å². The van der Waals surface area contributed by atoms with E-state index in [2.05, 4.69) is 31.2 Å². The monoisotopic (exact) mass is 542 g/mol. The zero-order valence-corrected chi connectivity index (χ0v) is 20.5. The van der Waals surface area contributed by atoms with E-state index in [9.17, 15) is 22.4 Å². The smallest absolute Gasteiger partial charge is 0.417 e. The number of carbonyl (C=O) groups excluding carboxylic acids is 1. The molecule has 2 heterocycles. The number of amides is 1. The van der Waals surface area contributed by atoms with Gasteiger partial charge in [0.25, 0.3) is 0 Å². The first-order chi connectivity index (χ1) is 14.8. The van der Waals surface area contributed by atoms with Gasteiger partial charge < -0.3 is 15.0 Å². The highest BCUT2D eigenvalue weighted by atomic mass is 79.9. The summed E-state index contributed by atoms with van der Waals surface area (Å²) in [6.07, 6.45) is -4.79. The number of nitrogens with zero attached hydrogens (tertiary/aromatic N) is 3. The number of halogens is 6. The third-order valence-electron chi connectivity index (χ3n) is 4.33. The van der Waals surface area contributed by atoms with E-state index in [0.717, 1.165) is 6.07 Å². The van der Waals surface area contributed by atoms with Crippen molar-refractivity contribution in [3.63, 3.8) is 0 Å². The van der Waals surface area contributed by atoms with E-state index in [1.165, 1.54) is 4.90 Å². The van der Waals surface area contributed by atoms with Crippen molar-refractivity contribution in [2.45, 2.75) is 58.9 Å². The topological polar surface area (TPSA) is 67.3 Å². The van der Waals surface area contributed by atoms with Gasteiger partial charge in [-0.15, -0.1) is 0 Å². The second-order valence-electron chi connectivity index (χ2n) is 7.84. The van der Waals surface area contributed by atoms with Crippen molar-refractivity contribution in [2.24, 2.45) is 0 Å². The Labute approximate surface area is 196 Å². The van der Waals surface area contributed by atoms with Crippen LogP contribution in [0.15, 0.2) is 10.5 Å². The van der Waals surface area contributed by atoms with Gasteiger partial charge in [0.15, 0.2) is 5.82 Å². The molecule has 1 unspecified atom stereocenters. The fourth-order valence-electron chi connectivity index (χ4n) is 3.06. The van der Waals surface area contributed by atoms with Gasteiger partial charge in [0.05, 0.1) is 10.0 Å². The SMILES string of the molecule is CC.CC(C)(C)OC(=O)N1CCC(Nc2nc(Cl)nc3c(F)c(Br)c(C(F)(F)F)cc23)C1. The molecule has 0 aliphatic carbocycles. The van der Waals surface area contributed by atoms with Gasteiger partial charge in [-0.25, -0.2) is 19.2 Å². The van der Waals surface area contributed by atoms with Crippen molar-refractivity contribution < 1.29 is 27.1 Å². The number of likely N-dealkylation sites (tertiary alicyclic amines) is 1. The molecule has 1 aliphatic rings. The molecular weight excluding hydrogens is 520 g/mol. The standard InChI is InChI=1S/C18H18BrClF4N4O2.C2H6/c1-17(2,3)30-16(29)28-5-4-8(7-28)25-14-9-6-10(18(22,23)24)11(19)12(21)13(9)26-15(20)27-14;1-2/h6,8H,4-5,7H2,1-3H3,(H,25,26,27);1-2H3. The number of carbonyl (C=O) groups is 1. The summed E-state index contributed by atoms with van der Waals surface area (Å²) in [6.45, 7) is 9.87. The summed E-state index contributed by atoms with van der Waals surface area (Å²) in [5.74, 6) is -1.23. The van der Waals surface area contributed by atoms with Crippen molar-refractivity contribution in [3.05, 3.63) is 27.2 Å². The van der Waals surface area contributed by atoms with Gasteiger partial charge in [0, 0.05) is 24.5 Å². The lowest BCUT2D eigenvalue weighted by Gasteiger charge is -2.24. The molecule has 1 atom stereocenters. The van der Waals surface area contributed by atoms with Crippen LogP contribution in [0.25, 0.3) is 10.9 Å². The van der Waals surface area contributed by atoms with Crippen LogP contribution in [0.2, 0.25) is 5.28 Å². The average Bonchev–Trinajstić information content (AvgIpc) is 3.13. The molecule has 1 aliphatic heterocycles. The Morgan fingerprint density at radius 3 is 2.47 bits per heavy atom. The lowest BCUT2D eigenvalue weighted by atomic mass is 10.1. The Hall–Kier alpha value is -1.88. The van der Waals surface area contributed by atoms with Crippen molar-refractivity contribution >= 4 is 50.3 Å². The van der Waals surface area contributed by atoms with E-state index in [-0.39, 0.29) is 34.6 Å². The molecule has 1 fully saturated rings. The van der Waals surface area contributed by atoms with Crippen LogP contribution in [-0.4, -0.2) is 45.7 Å². The van der Waals surface area contributed by atoms with Crippen LogP contribution in [0.1, 0.15) is 46.6 Å². The lowest BCUT2D eigenvalue weighted by Crippen LogP contribution is -2.36. The van der Waals surface area contributed by atoms with Crippen LogP contribution in [0.4, 0.5) is 28.2 Å². The lowest BCUT2D eigenvalue weighted by molar-refractivity contribution is -0.138. The first kappa shape index (κ1) is 26.4. The van der Waals surface area contributed by atoms with Gasteiger partial charge >= 0.3 is 12.3 Å². The number of rotatable bonds is 2. The number of benzene rings is 1. The summed E-state index contributed by atoms with van der Waals surface area (Å²) < 4.78 is 59.1. The van der Waals surface area contributed by atoms with Gasteiger partial charge in [0.1, 0.15) is 16.9 Å².